The van der Waals surface area contributed by atoms with E-state index in [1.807, 2.05) is 12.1 Å². The van der Waals surface area contributed by atoms with E-state index >= 15 is 0 Å². The van der Waals surface area contributed by atoms with Crippen molar-refractivity contribution in [2.45, 2.75) is 0 Å². The predicted octanol–water partition coefficient (Wildman–Crippen LogP) is 4.70. The second-order valence-corrected chi connectivity index (χ2v) is 7.94. The minimum Gasteiger partial charge on any atom is -0.378 e. The molecule has 0 atom stereocenters. The number of morpholine rings is 1. The first-order chi connectivity index (χ1) is 16.1. The Bertz CT molecular complexity index is 1330. The van der Waals surface area contributed by atoms with Crippen molar-refractivity contribution in [3.8, 4) is 11.4 Å². The Labute approximate surface area is 194 Å². The van der Waals surface area contributed by atoms with Crippen LogP contribution in [-0.4, -0.2) is 52.1 Å². The zero-order valence-electron chi connectivity index (χ0n) is 17.5. The van der Waals surface area contributed by atoms with Crippen molar-refractivity contribution in [3.63, 3.8) is 0 Å². The summed E-state index contributed by atoms with van der Waals surface area (Å²) in [5.74, 6) is 0.382. The number of carbonyl (C=O) groups is 1. The van der Waals surface area contributed by atoms with Crippen LogP contribution >= 0.6 is 11.6 Å². The van der Waals surface area contributed by atoms with Crippen molar-refractivity contribution in [2.24, 2.45) is 0 Å². The Morgan fingerprint density at radius 2 is 1.94 bits per heavy atom. The molecule has 9 heteroatoms. The molecule has 166 valence electrons. The van der Waals surface area contributed by atoms with Gasteiger partial charge in [-0.25, -0.2) is 14.4 Å². The Morgan fingerprint density at radius 1 is 1.09 bits per heavy atom. The summed E-state index contributed by atoms with van der Waals surface area (Å²) in [7, 11) is 0. The maximum atomic E-state index is 13.6. The molecule has 1 amide bonds. The second-order valence-electron chi connectivity index (χ2n) is 7.53. The first-order valence-corrected chi connectivity index (χ1v) is 10.8. The Balaban J connectivity index is 1.59. The van der Waals surface area contributed by atoms with E-state index < -0.39 is 5.82 Å². The number of nitrogens with one attached hydrogen (secondary N) is 1. The van der Waals surface area contributed by atoms with Crippen LogP contribution in [0.25, 0.3) is 22.3 Å². The van der Waals surface area contributed by atoms with Crippen molar-refractivity contribution >= 4 is 39.9 Å². The molecule has 0 radical (unpaired) electrons. The number of nitrogens with zero attached hydrogens (tertiary/aromatic N) is 4. The molecular weight excluding hydrogens is 445 g/mol. The predicted molar refractivity (Wildman–Crippen MR) is 124 cm³/mol. The molecule has 0 aliphatic carbocycles. The molecule has 2 aromatic carbocycles. The first-order valence-electron chi connectivity index (χ1n) is 10.4. The number of ether oxygens (including phenoxy) is 1. The topological polar surface area (TPSA) is 80.2 Å². The summed E-state index contributed by atoms with van der Waals surface area (Å²) in [6, 6.07) is 13.3. The van der Waals surface area contributed by atoms with Crippen molar-refractivity contribution in [2.75, 3.05) is 31.6 Å². The van der Waals surface area contributed by atoms with Crippen LogP contribution in [-0.2, 0) is 4.74 Å². The van der Waals surface area contributed by atoms with Gasteiger partial charge in [-0.05, 0) is 48.5 Å². The van der Waals surface area contributed by atoms with Crippen LogP contribution in [0, 0.1) is 5.82 Å². The fourth-order valence-corrected chi connectivity index (χ4v) is 3.82. The zero-order valence-corrected chi connectivity index (χ0v) is 18.2. The molecule has 1 fully saturated rings. The number of anilines is 2. The van der Waals surface area contributed by atoms with E-state index in [2.05, 4.69) is 15.3 Å². The smallest absolute Gasteiger partial charge is 0.254 e. The largest absolute Gasteiger partial charge is 0.378 e. The molecule has 0 spiro atoms. The highest BCUT2D eigenvalue weighted by Crippen LogP contribution is 2.29. The first kappa shape index (κ1) is 21.2. The molecule has 0 saturated carbocycles. The van der Waals surface area contributed by atoms with E-state index in [-0.39, 0.29) is 10.9 Å². The average Bonchev–Trinajstić information content (AvgIpc) is 2.86. The minimum atomic E-state index is -0.503. The normalized spacial score (nSPS) is 13.8. The molecule has 3 heterocycles. The lowest BCUT2D eigenvalue weighted by Crippen LogP contribution is -2.40. The van der Waals surface area contributed by atoms with Gasteiger partial charge < -0.3 is 15.0 Å². The molecule has 7 nitrogen and oxygen atoms in total. The van der Waals surface area contributed by atoms with Crippen LogP contribution in [0.3, 0.4) is 0 Å². The maximum absolute atomic E-state index is 13.6. The molecule has 4 aromatic rings. The monoisotopic (exact) mass is 463 g/mol. The van der Waals surface area contributed by atoms with Crippen LogP contribution in [0.4, 0.5) is 15.9 Å². The van der Waals surface area contributed by atoms with Crippen molar-refractivity contribution in [1.82, 2.24) is 19.9 Å². The van der Waals surface area contributed by atoms with Gasteiger partial charge in [-0.15, -0.1) is 0 Å². The number of aromatic nitrogens is 3. The number of hydrogen-bond acceptors (Lipinski definition) is 6. The van der Waals surface area contributed by atoms with E-state index in [0.29, 0.717) is 60.1 Å². The third-order valence-corrected chi connectivity index (χ3v) is 5.63. The summed E-state index contributed by atoms with van der Waals surface area (Å²) < 4.78 is 19.0. The van der Waals surface area contributed by atoms with Gasteiger partial charge in [0.25, 0.3) is 5.91 Å². The molecule has 1 aliphatic heterocycles. The highest BCUT2D eigenvalue weighted by molar-refractivity contribution is 6.31. The number of fused-ring (bicyclic) bond motifs is 1. The lowest BCUT2D eigenvalue weighted by atomic mass is 10.1. The summed E-state index contributed by atoms with van der Waals surface area (Å²) in [5, 5.41) is 3.92. The van der Waals surface area contributed by atoms with Gasteiger partial charge in [0.15, 0.2) is 5.82 Å². The number of pyridine rings is 1. The van der Waals surface area contributed by atoms with Crippen molar-refractivity contribution < 1.29 is 13.9 Å². The third-order valence-electron chi connectivity index (χ3n) is 5.34. The highest BCUT2D eigenvalue weighted by Gasteiger charge is 2.20. The van der Waals surface area contributed by atoms with Crippen LogP contribution < -0.4 is 5.32 Å². The SMILES string of the molecule is O=C(c1ccc2c(Nc3ccc(F)c(Cl)c3)nc(-c3cccnc3)nc2c1)N1CCOCC1. The van der Waals surface area contributed by atoms with Crippen molar-refractivity contribution in [1.29, 1.82) is 0 Å². The third kappa shape index (κ3) is 4.48. The van der Waals surface area contributed by atoms with Crippen LogP contribution in [0.1, 0.15) is 10.4 Å². The van der Waals surface area contributed by atoms with Gasteiger partial charge in [-0.1, -0.05) is 11.6 Å². The fourth-order valence-electron chi connectivity index (χ4n) is 3.64. The van der Waals surface area contributed by atoms with Crippen LogP contribution in [0.5, 0.6) is 0 Å². The van der Waals surface area contributed by atoms with Crippen LogP contribution in [0.2, 0.25) is 5.02 Å². The quantitative estimate of drug-likeness (QED) is 0.472. The summed E-state index contributed by atoms with van der Waals surface area (Å²) >= 11 is 5.95. The fraction of sp³-hybridized carbons (Fsp3) is 0.167. The van der Waals surface area contributed by atoms with E-state index in [9.17, 15) is 9.18 Å². The lowest BCUT2D eigenvalue weighted by molar-refractivity contribution is 0.0303. The van der Waals surface area contributed by atoms with Crippen LogP contribution in [0.15, 0.2) is 60.9 Å². The van der Waals surface area contributed by atoms with E-state index in [1.54, 1.807) is 41.6 Å². The second kappa shape index (κ2) is 9.09. The maximum Gasteiger partial charge on any atom is 0.254 e. The van der Waals surface area contributed by atoms with Gasteiger partial charge in [0.05, 0.1) is 23.8 Å². The Hall–Kier alpha value is -3.62. The Kier molecular flexibility index (Phi) is 5.85. The molecule has 0 bridgehead atoms. The number of halogens is 2. The molecule has 1 saturated heterocycles. The molecule has 2 aromatic heterocycles. The molecule has 5 rings (SSSR count). The number of hydrogen-bond donors (Lipinski definition) is 1. The molecule has 0 unspecified atom stereocenters. The van der Waals surface area contributed by atoms with Gasteiger partial charge >= 0.3 is 0 Å². The van der Waals surface area contributed by atoms with Gasteiger partial charge in [-0.2, -0.15) is 0 Å². The number of carbonyl (C=O) groups excluding carboxylic acids is 1. The molecular formula is C24H19ClFN5O2. The van der Waals surface area contributed by atoms with Crippen molar-refractivity contribution in [3.05, 3.63) is 77.3 Å². The molecule has 33 heavy (non-hydrogen) atoms. The van der Waals surface area contributed by atoms with Gasteiger partial charge in [0.2, 0.25) is 0 Å². The molecule has 1 aliphatic rings. The Morgan fingerprint density at radius 3 is 2.70 bits per heavy atom. The summed E-state index contributed by atoms with van der Waals surface area (Å²) in [4.78, 5) is 28.3. The minimum absolute atomic E-state index is 0.00392. The van der Waals surface area contributed by atoms with E-state index in [1.165, 1.54) is 12.1 Å². The van der Waals surface area contributed by atoms with Gasteiger partial charge in [0.1, 0.15) is 11.6 Å². The van der Waals surface area contributed by atoms with Gasteiger partial charge in [0, 0.05) is 47.7 Å². The lowest BCUT2D eigenvalue weighted by Gasteiger charge is -2.27. The van der Waals surface area contributed by atoms with Gasteiger partial charge in [-0.3, -0.25) is 9.78 Å². The van der Waals surface area contributed by atoms with E-state index in [0.717, 1.165) is 5.56 Å². The summed E-state index contributed by atoms with van der Waals surface area (Å²) in [5.41, 5.74) is 2.44. The molecule has 1 N–H and O–H groups in total. The summed E-state index contributed by atoms with van der Waals surface area (Å²) in [6.07, 6.45) is 3.34. The number of amides is 1. The zero-order chi connectivity index (χ0) is 22.8. The summed E-state index contributed by atoms with van der Waals surface area (Å²) in [6.45, 7) is 2.17. The number of rotatable bonds is 4. The average molecular weight is 464 g/mol. The highest BCUT2D eigenvalue weighted by atomic mass is 35.5. The van der Waals surface area contributed by atoms with E-state index in [4.69, 9.17) is 21.3 Å². The number of benzene rings is 2. The standard InChI is InChI=1S/C24H19ClFN5O2/c25-19-13-17(4-6-20(19)26)28-23-18-5-3-15(24(32)31-8-10-33-11-9-31)12-21(18)29-22(30-23)16-2-1-7-27-14-16/h1-7,12-14H,8-11H2,(H,28,29,30).